The van der Waals surface area contributed by atoms with E-state index in [2.05, 4.69) is 15.9 Å². The Labute approximate surface area is 205 Å². The van der Waals surface area contributed by atoms with Crippen molar-refractivity contribution in [2.45, 2.75) is 33.4 Å². The van der Waals surface area contributed by atoms with Gasteiger partial charge >= 0.3 is 5.97 Å². The molecule has 1 aliphatic rings. The molecule has 0 bridgehead atoms. The van der Waals surface area contributed by atoms with Crippen LogP contribution in [0.25, 0.3) is 6.08 Å². The average Bonchev–Trinajstić information content (AvgIpc) is 3.05. The number of imide groups is 1. The van der Waals surface area contributed by atoms with Gasteiger partial charge in [0.25, 0.3) is 11.1 Å². The Kier molecular flexibility index (Phi) is 8.20. The molecule has 0 spiro atoms. The predicted octanol–water partition coefficient (Wildman–Crippen LogP) is 5.33. The fourth-order valence-corrected chi connectivity index (χ4v) is 4.74. The number of rotatable bonds is 8. The van der Waals surface area contributed by atoms with Crippen LogP contribution >= 0.6 is 27.7 Å². The molecule has 0 aromatic heterocycles. The Balaban J connectivity index is 1.82. The molecule has 2 amide bonds. The van der Waals surface area contributed by atoms with Crippen molar-refractivity contribution in [2.75, 3.05) is 13.7 Å². The van der Waals surface area contributed by atoms with E-state index in [-0.39, 0.29) is 11.5 Å². The van der Waals surface area contributed by atoms with Gasteiger partial charge in [0.2, 0.25) is 0 Å². The first-order valence-electron chi connectivity index (χ1n) is 10.2. The van der Waals surface area contributed by atoms with Crippen LogP contribution in [0.4, 0.5) is 4.79 Å². The van der Waals surface area contributed by atoms with Crippen molar-refractivity contribution in [1.82, 2.24) is 4.90 Å². The maximum absolute atomic E-state index is 12.8. The van der Waals surface area contributed by atoms with Gasteiger partial charge in [-0.15, -0.1) is 0 Å². The van der Waals surface area contributed by atoms with Crippen molar-refractivity contribution >= 4 is 50.9 Å². The highest BCUT2D eigenvalue weighted by Crippen LogP contribution is 2.40. The van der Waals surface area contributed by atoms with E-state index >= 15 is 0 Å². The van der Waals surface area contributed by atoms with E-state index in [0.29, 0.717) is 28.1 Å². The summed E-state index contributed by atoms with van der Waals surface area (Å²) in [6.45, 7) is 5.68. The molecule has 1 atom stereocenters. The minimum atomic E-state index is -0.998. The highest BCUT2D eigenvalue weighted by molar-refractivity contribution is 9.10. The molecular formula is C24H24BrNO6S. The zero-order valence-corrected chi connectivity index (χ0v) is 21.1. The van der Waals surface area contributed by atoms with Gasteiger partial charge in [0.15, 0.2) is 11.5 Å². The molecule has 0 unspecified atom stereocenters. The van der Waals surface area contributed by atoms with Gasteiger partial charge in [-0.05, 0) is 77.8 Å². The summed E-state index contributed by atoms with van der Waals surface area (Å²) in [5.41, 5.74) is 2.80. The number of carbonyl (C=O) groups is 3. The van der Waals surface area contributed by atoms with Crippen molar-refractivity contribution in [3.8, 4) is 11.5 Å². The molecule has 2 aromatic carbocycles. The Morgan fingerprint density at radius 2 is 2.00 bits per heavy atom. The van der Waals surface area contributed by atoms with Gasteiger partial charge in [-0.2, -0.15) is 0 Å². The number of halogens is 1. The minimum Gasteiger partial charge on any atom is -0.493 e. The van der Waals surface area contributed by atoms with Crippen LogP contribution in [0.2, 0.25) is 0 Å². The summed E-state index contributed by atoms with van der Waals surface area (Å²) in [5, 5.41) is -0.518. The van der Waals surface area contributed by atoms with Crippen molar-refractivity contribution in [2.24, 2.45) is 0 Å². The molecule has 2 aromatic rings. The topological polar surface area (TPSA) is 82.1 Å². The second-order valence-electron chi connectivity index (χ2n) is 7.29. The fraction of sp³-hybridized carbons (Fsp3) is 0.292. The van der Waals surface area contributed by atoms with E-state index in [1.807, 2.05) is 31.2 Å². The average molecular weight is 534 g/mol. The number of hydrogen-bond donors (Lipinski definition) is 0. The molecule has 0 N–H and O–H groups in total. The maximum atomic E-state index is 12.8. The number of benzene rings is 2. The van der Waals surface area contributed by atoms with E-state index < -0.39 is 23.2 Å². The zero-order chi connectivity index (χ0) is 24.1. The first-order chi connectivity index (χ1) is 15.7. The van der Waals surface area contributed by atoms with Crippen LogP contribution in [-0.4, -0.2) is 41.8 Å². The second kappa shape index (κ2) is 10.9. The van der Waals surface area contributed by atoms with Gasteiger partial charge in [0.05, 0.1) is 23.1 Å². The molecule has 7 nitrogen and oxygen atoms in total. The van der Waals surface area contributed by atoms with Gasteiger partial charge in [-0.25, -0.2) is 4.79 Å². The lowest BCUT2D eigenvalue weighted by Gasteiger charge is -2.19. The Morgan fingerprint density at radius 3 is 2.67 bits per heavy atom. The fourth-order valence-electron chi connectivity index (χ4n) is 3.25. The third-order valence-corrected chi connectivity index (χ3v) is 6.33. The highest BCUT2D eigenvalue weighted by atomic mass is 79.9. The molecule has 1 fully saturated rings. The second-order valence-corrected chi connectivity index (χ2v) is 9.14. The van der Waals surface area contributed by atoms with E-state index in [4.69, 9.17) is 14.2 Å². The van der Waals surface area contributed by atoms with Crippen LogP contribution in [0.1, 0.15) is 30.5 Å². The summed E-state index contributed by atoms with van der Waals surface area (Å²) in [5.74, 6) is -0.163. The van der Waals surface area contributed by atoms with Gasteiger partial charge in [0.1, 0.15) is 12.6 Å². The lowest BCUT2D eigenvalue weighted by Crippen LogP contribution is -2.42. The number of carbonyl (C=O) groups excluding carboxylic acids is 3. The first-order valence-corrected chi connectivity index (χ1v) is 11.9. The van der Waals surface area contributed by atoms with Gasteiger partial charge in [-0.1, -0.05) is 29.8 Å². The number of thioether (sulfide) groups is 1. The quantitative estimate of drug-likeness (QED) is 0.334. The third-order valence-electron chi connectivity index (χ3n) is 4.85. The minimum absolute atomic E-state index is 0.168. The smallest absolute Gasteiger partial charge is 0.329 e. The Morgan fingerprint density at radius 1 is 1.24 bits per heavy atom. The first kappa shape index (κ1) is 24.9. The van der Waals surface area contributed by atoms with Crippen LogP contribution in [-0.2, 0) is 20.9 Å². The molecule has 0 radical (unpaired) electrons. The lowest BCUT2D eigenvalue weighted by atomic mass is 10.1. The Bertz CT molecular complexity index is 1120. The van der Waals surface area contributed by atoms with E-state index in [0.717, 1.165) is 27.8 Å². The molecule has 3 rings (SSSR count). The number of hydrogen-bond acceptors (Lipinski definition) is 7. The number of aryl methyl sites for hydroxylation is 1. The Hall–Kier alpha value is -2.78. The standard InChI is InChI=1S/C24H24BrNO6S/c1-5-31-23(28)15(3)26-22(27)20(33-24(26)29)12-17-10-18(25)21(19(11-17)30-4)32-13-16-8-6-7-14(2)9-16/h6-12,15H,5,13H2,1-4H3/b20-12+/t15-/m1/s1. The van der Waals surface area contributed by atoms with Gasteiger partial charge in [0, 0.05) is 0 Å². The monoisotopic (exact) mass is 533 g/mol. The van der Waals surface area contributed by atoms with Crippen LogP contribution in [0.5, 0.6) is 11.5 Å². The summed E-state index contributed by atoms with van der Waals surface area (Å²) in [6, 6.07) is 10.5. The van der Waals surface area contributed by atoms with Gasteiger partial charge in [-0.3, -0.25) is 14.5 Å². The summed E-state index contributed by atoms with van der Waals surface area (Å²) < 4.78 is 17.1. The molecule has 33 heavy (non-hydrogen) atoms. The van der Waals surface area contributed by atoms with Crippen molar-refractivity contribution in [3.05, 3.63) is 62.5 Å². The molecule has 0 aliphatic carbocycles. The summed E-state index contributed by atoms with van der Waals surface area (Å²) >= 11 is 4.29. The molecule has 1 aliphatic heterocycles. The summed E-state index contributed by atoms with van der Waals surface area (Å²) in [6.07, 6.45) is 1.58. The molecular weight excluding hydrogens is 510 g/mol. The molecule has 0 saturated carbocycles. The van der Waals surface area contributed by atoms with Crippen molar-refractivity contribution in [1.29, 1.82) is 0 Å². The number of esters is 1. The van der Waals surface area contributed by atoms with E-state index in [9.17, 15) is 14.4 Å². The maximum Gasteiger partial charge on any atom is 0.329 e. The molecule has 9 heteroatoms. The summed E-state index contributed by atoms with van der Waals surface area (Å²) in [4.78, 5) is 38.3. The van der Waals surface area contributed by atoms with Crippen molar-refractivity contribution in [3.63, 3.8) is 0 Å². The van der Waals surface area contributed by atoms with Crippen LogP contribution < -0.4 is 9.47 Å². The molecule has 174 valence electrons. The lowest BCUT2D eigenvalue weighted by molar-refractivity contribution is -0.150. The number of ether oxygens (including phenoxy) is 3. The van der Waals surface area contributed by atoms with Crippen LogP contribution in [0, 0.1) is 6.92 Å². The van der Waals surface area contributed by atoms with E-state index in [1.54, 1.807) is 25.1 Å². The van der Waals surface area contributed by atoms with Gasteiger partial charge < -0.3 is 14.2 Å². The van der Waals surface area contributed by atoms with Crippen LogP contribution in [0.3, 0.4) is 0 Å². The summed E-state index contributed by atoms with van der Waals surface area (Å²) in [7, 11) is 1.53. The van der Waals surface area contributed by atoms with E-state index in [1.165, 1.54) is 14.0 Å². The van der Waals surface area contributed by atoms with Crippen LogP contribution in [0.15, 0.2) is 45.8 Å². The predicted molar refractivity (Wildman–Crippen MR) is 130 cm³/mol. The van der Waals surface area contributed by atoms with Crippen molar-refractivity contribution < 1.29 is 28.6 Å². The number of nitrogens with zero attached hydrogens (tertiary/aromatic N) is 1. The largest absolute Gasteiger partial charge is 0.493 e. The molecule has 1 heterocycles. The SMILES string of the molecule is CCOC(=O)[C@@H](C)N1C(=O)S/C(=C/c2cc(Br)c(OCc3cccc(C)c3)c(OC)c2)C1=O. The number of amides is 2. The highest BCUT2D eigenvalue weighted by Gasteiger charge is 2.41. The third kappa shape index (κ3) is 5.78. The zero-order valence-electron chi connectivity index (χ0n) is 18.7. The normalized spacial score (nSPS) is 15.7. The molecule has 1 saturated heterocycles. The number of methoxy groups -OCH3 is 1.